The molecule has 1 atom stereocenters. The molecule has 2 N–H and O–H groups in total. The van der Waals surface area contributed by atoms with Crippen molar-refractivity contribution in [1.29, 1.82) is 0 Å². The van der Waals surface area contributed by atoms with Gasteiger partial charge in [-0.15, -0.1) is 6.42 Å². The number of ether oxygens (including phenoxy) is 1. The van der Waals surface area contributed by atoms with Crippen LogP contribution in [0.3, 0.4) is 0 Å². The highest BCUT2D eigenvalue weighted by atomic mass is 16.5. The van der Waals surface area contributed by atoms with Gasteiger partial charge in [-0.2, -0.15) is 0 Å². The lowest BCUT2D eigenvalue weighted by Crippen LogP contribution is -2.51. The third kappa shape index (κ3) is 2.97. The van der Waals surface area contributed by atoms with Gasteiger partial charge in [0.05, 0.1) is 18.1 Å². The summed E-state index contributed by atoms with van der Waals surface area (Å²) in [5.74, 6) is 2.52. The normalized spacial score (nSPS) is 20.8. The van der Waals surface area contributed by atoms with Crippen LogP contribution in [0.25, 0.3) is 0 Å². The van der Waals surface area contributed by atoms with Crippen molar-refractivity contribution >= 4 is 5.91 Å². The van der Waals surface area contributed by atoms with Gasteiger partial charge in [0.1, 0.15) is 0 Å². The zero-order valence-corrected chi connectivity index (χ0v) is 10.0. The first-order chi connectivity index (χ1) is 7.64. The lowest BCUT2D eigenvalue weighted by Gasteiger charge is -2.35. The molecule has 1 rings (SSSR count). The Morgan fingerprint density at radius 2 is 2.25 bits per heavy atom. The van der Waals surface area contributed by atoms with Gasteiger partial charge in [0.25, 0.3) is 0 Å². The summed E-state index contributed by atoms with van der Waals surface area (Å²) in [6, 6.07) is -0.226. The van der Waals surface area contributed by atoms with Crippen molar-refractivity contribution < 1.29 is 9.53 Å². The molecule has 90 valence electrons. The highest BCUT2D eigenvalue weighted by molar-refractivity contribution is 5.83. The molecule has 0 saturated carbocycles. The van der Waals surface area contributed by atoms with Crippen molar-refractivity contribution in [3.63, 3.8) is 0 Å². The largest absolute Gasteiger partial charge is 0.384 e. The predicted molar refractivity (Wildman–Crippen MR) is 62.9 cm³/mol. The minimum Gasteiger partial charge on any atom is -0.384 e. The number of hydrogen-bond donors (Lipinski definition) is 2. The maximum absolute atomic E-state index is 12.2. The van der Waals surface area contributed by atoms with E-state index in [2.05, 4.69) is 16.6 Å². The van der Waals surface area contributed by atoms with E-state index in [-0.39, 0.29) is 11.9 Å². The van der Waals surface area contributed by atoms with Gasteiger partial charge in [-0.05, 0) is 32.9 Å². The van der Waals surface area contributed by atoms with Gasteiger partial charge in [0.15, 0.2) is 0 Å². The average molecular weight is 224 g/mol. The van der Waals surface area contributed by atoms with E-state index in [1.807, 2.05) is 0 Å². The van der Waals surface area contributed by atoms with Crippen LogP contribution in [0.1, 0.15) is 19.8 Å². The first kappa shape index (κ1) is 13.0. The van der Waals surface area contributed by atoms with Crippen LogP contribution in [0.4, 0.5) is 0 Å². The molecular weight excluding hydrogens is 204 g/mol. The molecule has 0 spiro atoms. The van der Waals surface area contributed by atoms with Crippen LogP contribution in [0.5, 0.6) is 0 Å². The number of hydrogen-bond acceptors (Lipinski definition) is 3. The summed E-state index contributed by atoms with van der Waals surface area (Å²) < 4.78 is 5.18. The number of piperidine rings is 1. The van der Waals surface area contributed by atoms with Gasteiger partial charge in [-0.3, -0.25) is 4.79 Å². The summed E-state index contributed by atoms with van der Waals surface area (Å²) in [4.78, 5) is 12.2. The van der Waals surface area contributed by atoms with E-state index in [9.17, 15) is 4.79 Å². The summed E-state index contributed by atoms with van der Waals surface area (Å²) in [6.45, 7) is 3.96. The first-order valence-electron chi connectivity index (χ1n) is 5.61. The zero-order valence-electron chi connectivity index (χ0n) is 10.0. The monoisotopic (exact) mass is 224 g/mol. The SMILES string of the molecule is C#CC(C)NC(=O)C1(COC)CCNCC1. The molecule has 0 aliphatic carbocycles. The van der Waals surface area contributed by atoms with E-state index in [1.54, 1.807) is 14.0 Å². The second-order valence-electron chi connectivity index (χ2n) is 4.33. The molecule has 0 aromatic heterocycles. The molecule has 1 aliphatic rings. The highest BCUT2D eigenvalue weighted by Crippen LogP contribution is 2.29. The summed E-state index contributed by atoms with van der Waals surface area (Å²) in [5.41, 5.74) is -0.412. The summed E-state index contributed by atoms with van der Waals surface area (Å²) in [6.07, 6.45) is 6.85. The summed E-state index contributed by atoms with van der Waals surface area (Å²) >= 11 is 0. The van der Waals surface area contributed by atoms with Crippen molar-refractivity contribution in [2.24, 2.45) is 5.41 Å². The third-order valence-electron chi connectivity index (χ3n) is 3.06. The Labute approximate surface area is 97.1 Å². The second kappa shape index (κ2) is 5.88. The van der Waals surface area contributed by atoms with Crippen LogP contribution in [-0.4, -0.2) is 38.8 Å². The average Bonchev–Trinajstić information content (AvgIpc) is 2.30. The van der Waals surface area contributed by atoms with Crippen molar-refractivity contribution in [1.82, 2.24) is 10.6 Å². The number of carbonyl (C=O) groups excluding carboxylic acids is 1. The van der Waals surface area contributed by atoms with Crippen LogP contribution < -0.4 is 10.6 Å². The topological polar surface area (TPSA) is 50.4 Å². The van der Waals surface area contributed by atoms with E-state index in [0.29, 0.717) is 6.61 Å². The van der Waals surface area contributed by atoms with Crippen molar-refractivity contribution in [3.8, 4) is 12.3 Å². The quantitative estimate of drug-likeness (QED) is 0.668. The number of carbonyl (C=O) groups is 1. The van der Waals surface area contributed by atoms with Crippen LogP contribution in [0.2, 0.25) is 0 Å². The number of rotatable bonds is 4. The lowest BCUT2D eigenvalue weighted by atomic mass is 9.78. The zero-order chi connectivity index (χ0) is 12.0. The summed E-state index contributed by atoms with van der Waals surface area (Å²) in [7, 11) is 1.63. The molecule has 16 heavy (non-hydrogen) atoms. The molecular formula is C12H20N2O2. The molecule has 0 aromatic carbocycles. The third-order valence-corrected chi connectivity index (χ3v) is 3.06. The van der Waals surface area contributed by atoms with E-state index in [1.165, 1.54) is 0 Å². The molecule has 1 amide bonds. The smallest absolute Gasteiger partial charge is 0.229 e. The van der Waals surface area contributed by atoms with Gasteiger partial charge in [-0.25, -0.2) is 0 Å². The fourth-order valence-electron chi connectivity index (χ4n) is 2.01. The van der Waals surface area contributed by atoms with Crippen LogP contribution in [0, 0.1) is 17.8 Å². The maximum Gasteiger partial charge on any atom is 0.229 e. The fourth-order valence-corrected chi connectivity index (χ4v) is 2.01. The Morgan fingerprint density at radius 3 is 2.75 bits per heavy atom. The van der Waals surface area contributed by atoms with Gasteiger partial charge in [0, 0.05) is 7.11 Å². The molecule has 1 aliphatic heterocycles. The molecule has 0 bridgehead atoms. The maximum atomic E-state index is 12.2. The molecule has 1 heterocycles. The van der Waals surface area contributed by atoms with Gasteiger partial charge < -0.3 is 15.4 Å². The number of amides is 1. The standard InChI is InChI=1S/C12H20N2O2/c1-4-10(2)14-11(15)12(9-16-3)5-7-13-8-6-12/h1,10,13H,5-9H2,2-3H3,(H,14,15). The Hall–Kier alpha value is -1.05. The van der Waals surface area contributed by atoms with E-state index in [0.717, 1.165) is 25.9 Å². The first-order valence-corrected chi connectivity index (χ1v) is 5.61. The fraction of sp³-hybridized carbons (Fsp3) is 0.750. The van der Waals surface area contributed by atoms with Gasteiger partial charge in [-0.1, -0.05) is 5.92 Å². The second-order valence-corrected chi connectivity index (χ2v) is 4.33. The molecule has 4 heteroatoms. The Morgan fingerprint density at radius 1 is 1.62 bits per heavy atom. The van der Waals surface area contributed by atoms with Crippen LogP contribution in [0.15, 0.2) is 0 Å². The van der Waals surface area contributed by atoms with Crippen LogP contribution >= 0.6 is 0 Å². The number of methoxy groups -OCH3 is 1. The van der Waals surface area contributed by atoms with Crippen LogP contribution in [-0.2, 0) is 9.53 Å². The molecule has 4 nitrogen and oxygen atoms in total. The summed E-state index contributed by atoms with van der Waals surface area (Å²) in [5, 5.41) is 6.09. The Bertz CT molecular complexity index is 272. The van der Waals surface area contributed by atoms with E-state index in [4.69, 9.17) is 11.2 Å². The van der Waals surface area contributed by atoms with Crippen molar-refractivity contribution in [2.45, 2.75) is 25.8 Å². The highest BCUT2D eigenvalue weighted by Gasteiger charge is 2.39. The molecule has 1 saturated heterocycles. The van der Waals surface area contributed by atoms with Crippen molar-refractivity contribution in [3.05, 3.63) is 0 Å². The molecule has 1 unspecified atom stereocenters. The minimum absolute atomic E-state index is 0.0151. The minimum atomic E-state index is -0.412. The van der Waals surface area contributed by atoms with E-state index >= 15 is 0 Å². The van der Waals surface area contributed by atoms with Gasteiger partial charge in [0.2, 0.25) is 5.91 Å². The lowest BCUT2D eigenvalue weighted by molar-refractivity contribution is -0.136. The van der Waals surface area contributed by atoms with Crippen molar-refractivity contribution in [2.75, 3.05) is 26.8 Å². The van der Waals surface area contributed by atoms with Gasteiger partial charge >= 0.3 is 0 Å². The van der Waals surface area contributed by atoms with E-state index < -0.39 is 5.41 Å². The number of terminal acetylenes is 1. The molecule has 0 aromatic rings. The Kier molecular flexibility index (Phi) is 4.78. The molecule has 0 radical (unpaired) electrons. The number of nitrogens with one attached hydrogen (secondary N) is 2. The molecule has 1 fully saturated rings. The predicted octanol–water partition coefficient (Wildman–Crippen LogP) is 0.140. The Balaban J connectivity index is 2.68.